The summed E-state index contributed by atoms with van der Waals surface area (Å²) < 4.78 is 137. The van der Waals surface area contributed by atoms with Crippen LogP contribution in [-0.2, 0) is 25.0 Å². The minimum Gasteiger partial charge on any atom is -0.378 e. The average molecular weight is 499 g/mol. The molecule has 1 aromatic carbocycles. The molecule has 0 radical (unpaired) electrons. The number of halogens is 6. The van der Waals surface area contributed by atoms with Gasteiger partial charge in [-0.25, -0.2) is 0 Å². The third-order valence-corrected chi connectivity index (χ3v) is 5.96. The van der Waals surface area contributed by atoms with Crippen molar-refractivity contribution in [1.29, 1.82) is 0 Å². The summed E-state index contributed by atoms with van der Waals surface area (Å²) in [6.07, 6.45) is 0. The molecule has 0 heterocycles. The minimum absolute atomic E-state index is 0.129. The maximum atomic E-state index is 13.8. The quantitative estimate of drug-likeness (QED) is 0.218. The number of Topliss-reactive ketones (excluding diaryl/α,β-unsaturated/α-hetero) is 1. The van der Waals surface area contributed by atoms with E-state index in [2.05, 4.69) is 16.1 Å². The highest BCUT2D eigenvalue weighted by molar-refractivity contribution is 7.88. The monoisotopic (exact) mass is 499 g/mol. The number of benzene rings is 1. The molecule has 0 saturated heterocycles. The summed E-state index contributed by atoms with van der Waals surface area (Å²) in [5.41, 5.74) is 0.277. The van der Waals surface area contributed by atoms with E-state index in [0.29, 0.717) is 12.1 Å². The van der Waals surface area contributed by atoms with Crippen LogP contribution >= 0.6 is 0 Å². The van der Waals surface area contributed by atoms with Crippen LogP contribution in [0.4, 0.5) is 26.3 Å². The molecule has 0 aliphatic heterocycles. The number of hydrogen-bond donors (Lipinski definition) is 2. The summed E-state index contributed by atoms with van der Waals surface area (Å²) in [4.78, 5) is 12.0. The van der Waals surface area contributed by atoms with Crippen LogP contribution in [0.2, 0.25) is 0 Å². The van der Waals surface area contributed by atoms with Crippen LogP contribution in [0.15, 0.2) is 36.4 Å². The second kappa shape index (κ2) is 8.40. The standard InChI is InChI=1S/C15H15F6NO7S2/c1-8(2)12(23)11(22-3)9-4-6-10(7-5-9)29-31(27,28)15(20,21)13(16,17)14(18,19)30(24,25)26/h4-7,11,22H,1H2,2-3H3,(H,24,25,26). The van der Waals surface area contributed by atoms with E-state index < -0.39 is 54.2 Å². The van der Waals surface area contributed by atoms with Crippen LogP contribution in [0.5, 0.6) is 5.75 Å². The van der Waals surface area contributed by atoms with E-state index in [4.69, 9.17) is 4.55 Å². The van der Waals surface area contributed by atoms with Gasteiger partial charge in [-0.2, -0.15) is 43.2 Å². The topological polar surface area (TPSA) is 127 Å². The SMILES string of the molecule is C=C(C)C(=O)C(NC)c1ccc(OS(=O)(=O)C(F)(F)C(F)(F)C(F)(F)S(=O)(=O)O)cc1. The van der Waals surface area contributed by atoms with Crippen molar-refractivity contribution in [2.75, 3.05) is 7.05 Å². The summed E-state index contributed by atoms with van der Waals surface area (Å²) in [5, 5.41) is -11.1. The highest BCUT2D eigenvalue weighted by Gasteiger charge is 2.83. The first kappa shape index (κ1) is 26.9. The zero-order valence-corrected chi connectivity index (χ0v) is 17.2. The molecule has 31 heavy (non-hydrogen) atoms. The van der Waals surface area contributed by atoms with Gasteiger partial charge in [-0.05, 0) is 37.2 Å². The summed E-state index contributed by atoms with van der Waals surface area (Å²) in [6, 6.07) is 2.27. The van der Waals surface area contributed by atoms with Crippen molar-refractivity contribution < 1.29 is 56.7 Å². The van der Waals surface area contributed by atoms with Gasteiger partial charge in [-0.3, -0.25) is 9.35 Å². The lowest BCUT2D eigenvalue weighted by atomic mass is 9.99. The van der Waals surface area contributed by atoms with E-state index in [1.807, 2.05) is 0 Å². The maximum Gasteiger partial charge on any atom is 0.450 e. The van der Waals surface area contributed by atoms with Crippen molar-refractivity contribution in [3.63, 3.8) is 0 Å². The molecule has 1 unspecified atom stereocenters. The maximum absolute atomic E-state index is 13.8. The van der Waals surface area contributed by atoms with Gasteiger partial charge in [-0.15, -0.1) is 0 Å². The Bertz CT molecular complexity index is 1070. The van der Waals surface area contributed by atoms with Crippen LogP contribution in [-0.4, -0.2) is 50.7 Å². The van der Waals surface area contributed by atoms with Crippen LogP contribution in [0.25, 0.3) is 0 Å². The van der Waals surface area contributed by atoms with Gasteiger partial charge < -0.3 is 9.50 Å². The van der Waals surface area contributed by atoms with Gasteiger partial charge >= 0.3 is 36.7 Å². The van der Waals surface area contributed by atoms with Gasteiger partial charge in [0.1, 0.15) is 5.75 Å². The molecule has 0 aliphatic carbocycles. The third kappa shape index (κ3) is 4.70. The number of carbonyl (C=O) groups excluding carboxylic acids is 1. The lowest BCUT2D eigenvalue weighted by molar-refractivity contribution is -0.247. The molecule has 176 valence electrons. The molecule has 16 heteroatoms. The molecule has 1 rings (SSSR count). The minimum atomic E-state index is -7.14. The van der Waals surface area contributed by atoms with Crippen molar-refractivity contribution in [1.82, 2.24) is 5.32 Å². The second-order valence-electron chi connectivity index (χ2n) is 6.06. The molecule has 0 bridgehead atoms. The van der Waals surface area contributed by atoms with Gasteiger partial charge in [0.05, 0.1) is 6.04 Å². The molecule has 0 aliphatic rings. The van der Waals surface area contributed by atoms with Gasteiger partial charge in [0, 0.05) is 0 Å². The van der Waals surface area contributed by atoms with E-state index in [0.717, 1.165) is 12.1 Å². The van der Waals surface area contributed by atoms with Crippen molar-refractivity contribution in [2.45, 2.75) is 29.4 Å². The number of ketones is 1. The fourth-order valence-corrected chi connectivity index (χ4v) is 3.51. The third-order valence-electron chi connectivity index (χ3n) is 3.76. The Labute approximate surface area is 172 Å². The van der Waals surface area contributed by atoms with Crippen molar-refractivity contribution in [3.05, 3.63) is 42.0 Å². The second-order valence-corrected chi connectivity index (χ2v) is 9.11. The van der Waals surface area contributed by atoms with E-state index in [1.54, 1.807) is 0 Å². The Hall–Kier alpha value is -2.17. The Kier molecular flexibility index (Phi) is 7.28. The van der Waals surface area contributed by atoms with Crippen LogP contribution in [0.3, 0.4) is 0 Å². The fraction of sp³-hybridized carbons (Fsp3) is 0.400. The molecule has 2 N–H and O–H groups in total. The summed E-state index contributed by atoms with van der Waals surface area (Å²) in [6.45, 7) is 4.82. The Morgan fingerprint density at radius 2 is 1.48 bits per heavy atom. The van der Waals surface area contributed by atoms with Crippen LogP contribution in [0.1, 0.15) is 18.5 Å². The zero-order chi connectivity index (χ0) is 24.6. The van der Waals surface area contributed by atoms with E-state index in [-0.39, 0.29) is 11.1 Å². The smallest absolute Gasteiger partial charge is 0.378 e. The van der Waals surface area contributed by atoms with E-state index in [9.17, 15) is 48.0 Å². The number of carbonyl (C=O) groups is 1. The molecule has 0 fully saturated rings. The van der Waals surface area contributed by atoms with Crippen molar-refractivity contribution in [3.8, 4) is 5.75 Å². The number of rotatable bonds is 10. The number of hydrogen-bond acceptors (Lipinski definition) is 7. The van der Waals surface area contributed by atoms with Crippen LogP contribution < -0.4 is 9.50 Å². The van der Waals surface area contributed by atoms with Gasteiger partial charge in [-0.1, -0.05) is 18.7 Å². The molecular formula is C15H15F6NO7S2. The Morgan fingerprint density at radius 1 is 1.03 bits per heavy atom. The molecule has 8 nitrogen and oxygen atoms in total. The molecule has 0 aromatic heterocycles. The summed E-state index contributed by atoms with van der Waals surface area (Å²) in [7, 11) is -12.7. The molecule has 0 spiro atoms. The lowest BCUT2D eigenvalue weighted by Crippen LogP contribution is -2.61. The van der Waals surface area contributed by atoms with E-state index in [1.165, 1.54) is 14.0 Å². The Balaban J connectivity index is 3.30. The Morgan fingerprint density at radius 3 is 1.84 bits per heavy atom. The van der Waals surface area contributed by atoms with Crippen molar-refractivity contribution >= 4 is 26.0 Å². The first-order chi connectivity index (χ1) is 13.7. The molecule has 1 atom stereocenters. The highest BCUT2D eigenvalue weighted by atomic mass is 32.2. The summed E-state index contributed by atoms with van der Waals surface area (Å²) in [5.74, 6) is -8.66. The van der Waals surface area contributed by atoms with Gasteiger partial charge in [0.25, 0.3) is 0 Å². The molecular weight excluding hydrogens is 484 g/mol. The van der Waals surface area contributed by atoms with Gasteiger partial charge in [0.2, 0.25) is 0 Å². The van der Waals surface area contributed by atoms with Crippen molar-refractivity contribution in [2.24, 2.45) is 0 Å². The largest absolute Gasteiger partial charge is 0.450 e. The van der Waals surface area contributed by atoms with Crippen LogP contribution in [0, 0.1) is 0 Å². The first-order valence-electron chi connectivity index (χ1n) is 7.76. The average Bonchev–Trinajstić information content (AvgIpc) is 2.61. The molecule has 1 aromatic rings. The lowest BCUT2D eigenvalue weighted by Gasteiger charge is -2.29. The normalized spacial score (nSPS) is 14.7. The molecule has 0 saturated carbocycles. The van der Waals surface area contributed by atoms with E-state index >= 15 is 0 Å². The zero-order valence-electron chi connectivity index (χ0n) is 15.6. The predicted molar refractivity (Wildman–Crippen MR) is 94.0 cm³/mol. The number of nitrogens with one attached hydrogen (secondary N) is 1. The summed E-state index contributed by atoms with van der Waals surface area (Å²) >= 11 is 0. The highest BCUT2D eigenvalue weighted by Crippen LogP contribution is 2.50. The number of likely N-dealkylation sites (N-methyl/N-ethyl adjacent to an activating group) is 1. The number of alkyl halides is 6. The molecule has 0 amide bonds. The van der Waals surface area contributed by atoms with Gasteiger partial charge in [0.15, 0.2) is 5.78 Å². The fourth-order valence-electron chi connectivity index (χ4n) is 2.08. The first-order valence-corrected chi connectivity index (χ1v) is 10.6. The predicted octanol–water partition coefficient (Wildman–Crippen LogP) is 2.51.